The number of fused-ring (bicyclic) bond motifs is 2. The minimum atomic E-state index is -2.71. The van der Waals surface area contributed by atoms with E-state index in [1.54, 1.807) is 29.9 Å². The van der Waals surface area contributed by atoms with Crippen LogP contribution in [0.3, 0.4) is 0 Å². The molecule has 0 saturated heterocycles. The van der Waals surface area contributed by atoms with Crippen LogP contribution in [0.15, 0.2) is 65.7 Å². The Kier molecular flexibility index (Phi) is 4.56. The molecule has 2 aromatic carbocycles. The fraction of sp³-hybridized carbons (Fsp3) is 0.167. The van der Waals surface area contributed by atoms with Crippen LogP contribution in [0.2, 0.25) is 0 Å². The molecule has 0 bridgehead atoms. The van der Waals surface area contributed by atoms with Crippen LogP contribution in [0.25, 0.3) is 38.9 Å². The summed E-state index contributed by atoms with van der Waals surface area (Å²) in [5.41, 5.74) is 1.95. The maximum atomic E-state index is 13.8. The van der Waals surface area contributed by atoms with E-state index in [0.717, 1.165) is 10.9 Å². The van der Waals surface area contributed by atoms with Crippen molar-refractivity contribution in [3.63, 3.8) is 0 Å². The van der Waals surface area contributed by atoms with Crippen LogP contribution in [0.1, 0.15) is 4.11 Å². The van der Waals surface area contributed by atoms with Gasteiger partial charge in [0.25, 0.3) is 12.0 Å². The van der Waals surface area contributed by atoms with E-state index in [1.807, 2.05) is 12.3 Å². The van der Waals surface area contributed by atoms with Crippen molar-refractivity contribution >= 4 is 22.1 Å². The zero-order valence-corrected chi connectivity index (χ0v) is 17.8. The third-order valence-corrected chi connectivity index (χ3v) is 5.19. The lowest BCUT2D eigenvalue weighted by molar-refractivity contribution is 0.0795. The van der Waals surface area contributed by atoms with E-state index in [0.29, 0.717) is 22.3 Å². The first-order valence-corrected chi connectivity index (χ1v) is 10.1. The summed E-state index contributed by atoms with van der Waals surface area (Å²) < 4.78 is 60.0. The maximum Gasteiger partial charge on any atom is 0.272 e. The lowest BCUT2D eigenvalue weighted by Crippen LogP contribution is -2.22. The van der Waals surface area contributed by atoms with Gasteiger partial charge < -0.3 is 9.47 Å². The molecule has 172 valence electrons. The predicted octanol–water partition coefficient (Wildman–Crippen LogP) is 3.99. The number of methoxy groups -OCH3 is 1. The highest BCUT2D eigenvalue weighted by Crippen LogP contribution is 2.26. The van der Waals surface area contributed by atoms with Crippen LogP contribution in [0, 0.1) is 0 Å². The quantitative estimate of drug-likeness (QED) is 0.376. The van der Waals surface area contributed by atoms with Gasteiger partial charge in [0.05, 0.1) is 28.6 Å². The van der Waals surface area contributed by atoms with Crippen molar-refractivity contribution in [3.8, 4) is 28.4 Å². The van der Waals surface area contributed by atoms with Crippen LogP contribution in [-0.4, -0.2) is 44.4 Å². The molecule has 8 nitrogen and oxygen atoms in total. The standard InChI is InChI=1S/C24H19F2N5O3/c1-30-12-15-9-14(3-8-19(15)29-30)18-10-20-23(28-22(11-27-20)34-13-21(25)26)31(24(18)32)16-4-6-17(33-2)7-5-16/h3-12,21H,13H2,1-2H3/i2D3. The lowest BCUT2D eigenvalue weighted by Gasteiger charge is -2.14. The Labute approximate surface area is 196 Å². The number of aromatic nitrogens is 5. The van der Waals surface area contributed by atoms with Gasteiger partial charge in [-0.3, -0.25) is 14.0 Å². The molecule has 5 aromatic rings. The largest absolute Gasteiger partial charge is 0.497 e. The number of hydrogen-bond acceptors (Lipinski definition) is 6. The van der Waals surface area contributed by atoms with Gasteiger partial charge in [-0.25, -0.2) is 13.8 Å². The summed E-state index contributed by atoms with van der Waals surface area (Å²) in [4.78, 5) is 22.4. The van der Waals surface area contributed by atoms with Crippen molar-refractivity contribution in [3.05, 3.63) is 71.3 Å². The molecule has 0 spiro atoms. The molecule has 0 N–H and O–H groups in total. The predicted molar refractivity (Wildman–Crippen MR) is 123 cm³/mol. The van der Waals surface area contributed by atoms with Crippen molar-refractivity contribution in [2.75, 3.05) is 13.6 Å². The molecule has 34 heavy (non-hydrogen) atoms. The van der Waals surface area contributed by atoms with Gasteiger partial charge in [0.15, 0.2) is 12.3 Å². The second-order valence-corrected chi connectivity index (χ2v) is 7.49. The highest BCUT2D eigenvalue weighted by molar-refractivity contribution is 5.86. The first kappa shape index (κ1) is 18.1. The Balaban J connectivity index is 1.69. The Bertz CT molecular complexity index is 1670. The third-order valence-electron chi connectivity index (χ3n) is 5.19. The molecule has 0 aliphatic rings. The summed E-state index contributed by atoms with van der Waals surface area (Å²) in [5, 5.41) is 5.18. The van der Waals surface area contributed by atoms with Crippen molar-refractivity contribution in [2.45, 2.75) is 6.43 Å². The van der Waals surface area contributed by atoms with Gasteiger partial charge in [-0.05, 0) is 48.0 Å². The van der Waals surface area contributed by atoms with Gasteiger partial charge in [0, 0.05) is 24.2 Å². The lowest BCUT2D eigenvalue weighted by atomic mass is 10.0. The number of aryl methyl sites for hydroxylation is 1. The van der Waals surface area contributed by atoms with Gasteiger partial charge >= 0.3 is 0 Å². The molecule has 0 saturated carbocycles. The molecule has 0 amide bonds. The van der Waals surface area contributed by atoms with E-state index in [2.05, 4.69) is 15.1 Å². The molecule has 0 aliphatic heterocycles. The number of halogens is 2. The summed E-state index contributed by atoms with van der Waals surface area (Å²) in [7, 11) is -0.843. The summed E-state index contributed by atoms with van der Waals surface area (Å²) in [6, 6.07) is 12.7. The molecule has 0 unspecified atom stereocenters. The van der Waals surface area contributed by atoms with E-state index in [-0.39, 0.29) is 17.3 Å². The molecule has 5 rings (SSSR count). The average Bonchev–Trinajstić information content (AvgIpc) is 3.21. The smallest absolute Gasteiger partial charge is 0.272 e. The molecule has 10 heteroatoms. The van der Waals surface area contributed by atoms with Gasteiger partial charge in [0.2, 0.25) is 5.88 Å². The number of benzene rings is 2. The topological polar surface area (TPSA) is 84.1 Å². The summed E-state index contributed by atoms with van der Waals surface area (Å²) in [6.07, 6.45) is 0.324. The molecule has 0 atom stereocenters. The van der Waals surface area contributed by atoms with Crippen LogP contribution in [-0.2, 0) is 7.05 Å². The number of nitrogens with zero attached hydrogens (tertiary/aromatic N) is 5. The van der Waals surface area contributed by atoms with Gasteiger partial charge in [-0.15, -0.1) is 0 Å². The molecule has 0 fully saturated rings. The number of pyridine rings is 1. The minimum absolute atomic E-state index is 0.0753. The minimum Gasteiger partial charge on any atom is -0.497 e. The highest BCUT2D eigenvalue weighted by Gasteiger charge is 2.17. The Morgan fingerprint density at radius 3 is 2.71 bits per heavy atom. The average molecular weight is 466 g/mol. The van der Waals surface area contributed by atoms with Crippen LogP contribution in [0.5, 0.6) is 11.6 Å². The van der Waals surface area contributed by atoms with E-state index in [9.17, 15) is 13.6 Å². The van der Waals surface area contributed by atoms with Crippen molar-refractivity contribution in [1.82, 2.24) is 24.3 Å². The molecular formula is C24H19F2N5O3. The number of ether oxygens (including phenoxy) is 2. The summed E-state index contributed by atoms with van der Waals surface area (Å²) >= 11 is 0. The second-order valence-electron chi connectivity index (χ2n) is 7.49. The second kappa shape index (κ2) is 8.54. The van der Waals surface area contributed by atoms with Crippen LogP contribution in [0.4, 0.5) is 8.78 Å². The molecule has 3 heterocycles. The summed E-state index contributed by atoms with van der Waals surface area (Å²) in [6.45, 7) is -0.880. The van der Waals surface area contributed by atoms with Crippen molar-refractivity contribution in [1.29, 1.82) is 0 Å². The van der Waals surface area contributed by atoms with Gasteiger partial charge in [-0.2, -0.15) is 10.1 Å². The highest BCUT2D eigenvalue weighted by atomic mass is 19.3. The van der Waals surface area contributed by atoms with Gasteiger partial charge in [-0.1, -0.05) is 6.07 Å². The third kappa shape index (κ3) is 3.94. The van der Waals surface area contributed by atoms with E-state index in [1.165, 1.54) is 35.0 Å². The Hall–Kier alpha value is -4.34. The zero-order valence-electron chi connectivity index (χ0n) is 20.8. The fourth-order valence-corrected chi connectivity index (χ4v) is 3.70. The SMILES string of the molecule is [2H]C([2H])([2H])Oc1ccc(-n2c(=O)c(-c3ccc4nn(C)cc4c3)cc3ncc(OCC(F)F)nc32)cc1. The molecule has 3 aromatic heterocycles. The fourth-order valence-electron chi connectivity index (χ4n) is 3.70. The van der Waals surface area contributed by atoms with E-state index >= 15 is 0 Å². The number of alkyl halides is 2. The molecule has 0 radical (unpaired) electrons. The van der Waals surface area contributed by atoms with Crippen LogP contribution >= 0.6 is 0 Å². The number of rotatable bonds is 6. The van der Waals surface area contributed by atoms with E-state index < -0.39 is 25.6 Å². The maximum absolute atomic E-state index is 13.8. The number of hydrogen-bond donors (Lipinski definition) is 0. The Morgan fingerprint density at radius 1 is 1.12 bits per heavy atom. The normalized spacial score (nSPS) is 13.1. The molecule has 0 aliphatic carbocycles. The Morgan fingerprint density at radius 2 is 1.94 bits per heavy atom. The monoisotopic (exact) mass is 466 g/mol. The van der Waals surface area contributed by atoms with Crippen LogP contribution < -0.4 is 15.0 Å². The van der Waals surface area contributed by atoms with Crippen molar-refractivity contribution in [2.24, 2.45) is 7.05 Å². The summed E-state index contributed by atoms with van der Waals surface area (Å²) in [5.74, 6) is -0.0980. The first-order valence-electron chi connectivity index (χ1n) is 11.6. The van der Waals surface area contributed by atoms with Crippen molar-refractivity contribution < 1.29 is 22.4 Å². The van der Waals surface area contributed by atoms with Gasteiger partial charge in [0.1, 0.15) is 11.3 Å². The first-order chi connectivity index (χ1) is 17.6. The molecular weight excluding hydrogens is 444 g/mol. The van der Waals surface area contributed by atoms with E-state index in [4.69, 9.17) is 13.6 Å². The zero-order chi connectivity index (χ0) is 26.3.